The van der Waals surface area contributed by atoms with Gasteiger partial charge in [-0.15, -0.1) is 0 Å². The Morgan fingerprint density at radius 1 is 0.614 bits per heavy atom. The Kier molecular flexibility index (Phi) is 14.3. The third-order valence-corrected chi connectivity index (χ3v) is 9.42. The predicted octanol–water partition coefficient (Wildman–Crippen LogP) is 12.9. The molecule has 2 atom stereocenters. The SMILES string of the molecule is CCCCCCCCCCc1ccc(-c2ccc(-c3ccc(C4CCC(CCCCCCC)CO4)c(F)c3)cc2)c(F)c1F. The quantitative estimate of drug-likeness (QED) is 0.131. The van der Waals surface area contributed by atoms with Crippen LogP contribution in [0.5, 0.6) is 0 Å². The fourth-order valence-electron chi connectivity index (χ4n) is 6.58. The third-order valence-electron chi connectivity index (χ3n) is 9.42. The van der Waals surface area contributed by atoms with E-state index in [2.05, 4.69) is 13.8 Å². The molecule has 1 aliphatic heterocycles. The van der Waals surface area contributed by atoms with E-state index in [0.29, 0.717) is 35.6 Å². The minimum atomic E-state index is -0.795. The van der Waals surface area contributed by atoms with Crippen LogP contribution in [0.1, 0.15) is 134 Å². The van der Waals surface area contributed by atoms with Gasteiger partial charge in [0.2, 0.25) is 0 Å². The van der Waals surface area contributed by atoms with E-state index in [1.165, 1.54) is 70.6 Å². The molecule has 4 heteroatoms. The molecule has 0 aromatic heterocycles. The van der Waals surface area contributed by atoms with Crippen LogP contribution in [-0.2, 0) is 11.2 Å². The van der Waals surface area contributed by atoms with Crippen LogP contribution in [0, 0.1) is 23.4 Å². The molecular formula is C40H53F3O. The topological polar surface area (TPSA) is 9.23 Å². The average molecular weight is 607 g/mol. The maximum Gasteiger partial charge on any atom is 0.166 e. The number of rotatable bonds is 18. The predicted molar refractivity (Wildman–Crippen MR) is 178 cm³/mol. The summed E-state index contributed by atoms with van der Waals surface area (Å²) in [5.74, 6) is -1.21. The molecule has 0 spiro atoms. The van der Waals surface area contributed by atoms with Crippen LogP contribution in [0.25, 0.3) is 22.3 Å². The fourth-order valence-corrected chi connectivity index (χ4v) is 6.58. The number of benzene rings is 3. The minimum absolute atomic E-state index is 0.195. The first-order valence-electron chi connectivity index (χ1n) is 17.5. The first-order valence-corrected chi connectivity index (χ1v) is 17.5. The van der Waals surface area contributed by atoms with Crippen molar-refractivity contribution in [2.24, 2.45) is 5.92 Å². The van der Waals surface area contributed by atoms with Crippen LogP contribution in [0.4, 0.5) is 13.2 Å². The third kappa shape index (κ3) is 9.96. The number of ether oxygens (including phenoxy) is 1. The molecule has 4 rings (SSSR count). The van der Waals surface area contributed by atoms with Gasteiger partial charge in [0.1, 0.15) is 5.82 Å². The average Bonchev–Trinajstić information content (AvgIpc) is 3.04. The van der Waals surface area contributed by atoms with Crippen molar-refractivity contribution in [1.29, 1.82) is 0 Å². The van der Waals surface area contributed by atoms with Crippen LogP contribution in [0.15, 0.2) is 54.6 Å². The molecule has 0 bridgehead atoms. The van der Waals surface area contributed by atoms with Gasteiger partial charge in [-0.2, -0.15) is 0 Å². The monoisotopic (exact) mass is 606 g/mol. The van der Waals surface area contributed by atoms with Gasteiger partial charge in [-0.25, -0.2) is 13.2 Å². The van der Waals surface area contributed by atoms with Crippen molar-refractivity contribution in [3.63, 3.8) is 0 Å². The molecule has 240 valence electrons. The summed E-state index contributed by atoms with van der Waals surface area (Å²) in [5, 5.41) is 0. The highest BCUT2D eigenvalue weighted by Gasteiger charge is 2.25. The molecule has 3 aromatic rings. The van der Waals surface area contributed by atoms with E-state index in [1.807, 2.05) is 24.3 Å². The van der Waals surface area contributed by atoms with Gasteiger partial charge in [-0.1, -0.05) is 139 Å². The molecular weight excluding hydrogens is 553 g/mol. The Labute approximate surface area is 264 Å². The lowest BCUT2D eigenvalue weighted by molar-refractivity contribution is -0.0215. The molecule has 0 aliphatic carbocycles. The molecule has 1 fully saturated rings. The van der Waals surface area contributed by atoms with Crippen LogP contribution in [-0.4, -0.2) is 6.61 Å². The lowest BCUT2D eigenvalue weighted by atomic mass is 9.90. The van der Waals surface area contributed by atoms with Crippen molar-refractivity contribution in [1.82, 2.24) is 0 Å². The molecule has 0 radical (unpaired) electrons. The molecule has 1 saturated heterocycles. The van der Waals surface area contributed by atoms with E-state index in [0.717, 1.165) is 43.2 Å². The van der Waals surface area contributed by atoms with Crippen molar-refractivity contribution in [2.45, 2.75) is 129 Å². The van der Waals surface area contributed by atoms with E-state index in [1.54, 1.807) is 30.3 Å². The van der Waals surface area contributed by atoms with Gasteiger partial charge in [0.15, 0.2) is 11.6 Å². The number of aryl methyl sites for hydroxylation is 1. The minimum Gasteiger partial charge on any atom is -0.373 e. The maximum atomic E-state index is 15.2. The van der Waals surface area contributed by atoms with E-state index in [4.69, 9.17) is 4.74 Å². The summed E-state index contributed by atoms with van der Waals surface area (Å²) < 4.78 is 51.4. The standard InChI is InChI=1S/C40H53F3O/c1-3-5-7-9-10-11-13-15-17-33-23-25-35(40(43)39(33)42)32-21-19-31(20-22-32)34-24-26-36(37(41)28-34)38-27-18-30(29-44-38)16-14-12-8-6-4-2/h19-26,28,30,38H,3-18,27,29H2,1-2H3. The molecule has 1 heterocycles. The highest BCUT2D eigenvalue weighted by molar-refractivity contribution is 5.71. The van der Waals surface area contributed by atoms with Gasteiger partial charge >= 0.3 is 0 Å². The van der Waals surface area contributed by atoms with E-state index >= 15 is 8.78 Å². The second kappa shape index (κ2) is 18.4. The second-order valence-electron chi connectivity index (χ2n) is 12.9. The Hall–Kier alpha value is -2.59. The van der Waals surface area contributed by atoms with Crippen molar-refractivity contribution in [3.8, 4) is 22.3 Å². The Morgan fingerprint density at radius 3 is 1.86 bits per heavy atom. The van der Waals surface area contributed by atoms with E-state index in [-0.39, 0.29) is 17.5 Å². The van der Waals surface area contributed by atoms with Crippen molar-refractivity contribution in [3.05, 3.63) is 83.2 Å². The van der Waals surface area contributed by atoms with Crippen molar-refractivity contribution < 1.29 is 17.9 Å². The van der Waals surface area contributed by atoms with Gasteiger partial charge in [0, 0.05) is 11.1 Å². The van der Waals surface area contributed by atoms with Crippen LogP contribution in [0.3, 0.4) is 0 Å². The second-order valence-corrected chi connectivity index (χ2v) is 12.9. The summed E-state index contributed by atoms with van der Waals surface area (Å²) in [4.78, 5) is 0. The Bertz CT molecular complexity index is 1260. The zero-order valence-corrected chi connectivity index (χ0v) is 27.1. The zero-order chi connectivity index (χ0) is 31.1. The Balaban J connectivity index is 1.29. The number of hydrogen-bond donors (Lipinski definition) is 0. The molecule has 0 amide bonds. The molecule has 2 unspecified atom stereocenters. The number of unbranched alkanes of at least 4 members (excludes halogenated alkanes) is 11. The highest BCUT2D eigenvalue weighted by Crippen LogP contribution is 2.36. The normalized spacial score (nSPS) is 16.8. The smallest absolute Gasteiger partial charge is 0.166 e. The summed E-state index contributed by atoms with van der Waals surface area (Å²) in [6, 6.07) is 16.0. The van der Waals surface area contributed by atoms with Gasteiger partial charge in [0.05, 0.1) is 12.7 Å². The van der Waals surface area contributed by atoms with Gasteiger partial charge in [-0.3, -0.25) is 0 Å². The van der Waals surface area contributed by atoms with E-state index in [9.17, 15) is 4.39 Å². The molecule has 3 aromatic carbocycles. The van der Waals surface area contributed by atoms with Gasteiger partial charge in [-0.05, 0) is 66.3 Å². The lowest BCUT2D eigenvalue weighted by Crippen LogP contribution is -2.21. The lowest BCUT2D eigenvalue weighted by Gasteiger charge is -2.29. The van der Waals surface area contributed by atoms with Crippen molar-refractivity contribution >= 4 is 0 Å². The summed E-state index contributed by atoms with van der Waals surface area (Å²) in [5.41, 5.74) is 3.52. The maximum absolute atomic E-state index is 15.2. The molecule has 1 nitrogen and oxygen atoms in total. The summed E-state index contributed by atoms with van der Waals surface area (Å²) in [6.45, 7) is 5.16. The molecule has 44 heavy (non-hydrogen) atoms. The molecule has 1 aliphatic rings. The van der Waals surface area contributed by atoms with Crippen LogP contribution in [0.2, 0.25) is 0 Å². The summed E-state index contributed by atoms with van der Waals surface area (Å²) >= 11 is 0. The van der Waals surface area contributed by atoms with Crippen LogP contribution < -0.4 is 0 Å². The largest absolute Gasteiger partial charge is 0.373 e. The summed E-state index contributed by atoms with van der Waals surface area (Å²) in [7, 11) is 0. The molecule has 0 saturated carbocycles. The molecule has 0 N–H and O–H groups in total. The summed E-state index contributed by atoms with van der Waals surface area (Å²) in [6.07, 6.45) is 19.3. The fraction of sp³-hybridized carbons (Fsp3) is 0.550. The van der Waals surface area contributed by atoms with Gasteiger partial charge in [0.25, 0.3) is 0 Å². The Morgan fingerprint density at radius 2 is 1.23 bits per heavy atom. The number of hydrogen-bond acceptors (Lipinski definition) is 1. The first kappa shape index (κ1) is 34.3. The van der Waals surface area contributed by atoms with Crippen LogP contribution >= 0.6 is 0 Å². The van der Waals surface area contributed by atoms with E-state index < -0.39 is 11.6 Å². The van der Waals surface area contributed by atoms with Crippen molar-refractivity contribution in [2.75, 3.05) is 6.61 Å². The van der Waals surface area contributed by atoms with Gasteiger partial charge < -0.3 is 4.74 Å². The zero-order valence-electron chi connectivity index (χ0n) is 27.1. The first-order chi connectivity index (χ1) is 21.5. The highest BCUT2D eigenvalue weighted by atomic mass is 19.2. The number of halogens is 3.